The molecule has 1 unspecified atom stereocenters. The summed E-state index contributed by atoms with van der Waals surface area (Å²) in [5.74, 6) is -1.84. The van der Waals surface area contributed by atoms with Crippen LogP contribution in [-0.4, -0.2) is 50.2 Å². The van der Waals surface area contributed by atoms with Crippen molar-refractivity contribution in [3.63, 3.8) is 0 Å². The minimum atomic E-state index is -4.75. The molecule has 0 radical (unpaired) electrons. The minimum Gasteiger partial charge on any atom is -0.497 e. The molecule has 1 atom stereocenters. The molecule has 1 fully saturated rings. The predicted molar refractivity (Wildman–Crippen MR) is 89.6 cm³/mol. The average Bonchev–Trinajstić information content (AvgIpc) is 3.18. The fourth-order valence-corrected chi connectivity index (χ4v) is 4.70. The van der Waals surface area contributed by atoms with Crippen LogP contribution >= 0.6 is 0 Å². The Bertz CT molecular complexity index is 945. The summed E-state index contributed by atoms with van der Waals surface area (Å²) in [5, 5.41) is 6.47. The van der Waals surface area contributed by atoms with Gasteiger partial charge in [0.2, 0.25) is 15.9 Å². The summed E-state index contributed by atoms with van der Waals surface area (Å²) < 4.78 is 80.4. The molecule has 0 spiro atoms. The number of nitrogens with zero attached hydrogens (tertiary/aromatic N) is 3. The number of sulfonamides is 1. The second kappa shape index (κ2) is 7.59. The van der Waals surface area contributed by atoms with Gasteiger partial charge in [-0.25, -0.2) is 8.42 Å². The van der Waals surface area contributed by atoms with Crippen LogP contribution in [-0.2, 0) is 16.2 Å². The van der Waals surface area contributed by atoms with Crippen molar-refractivity contribution < 1.29 is 35.5 Å². The van der Waals surface area contributed by atoms with Crippen LogP contribution in [0.4, 0.5) is 13.2 Å². The molecule has 1 aromatic heterocycles. The molecule has 1 aliphatic heterocycles. The van der Waals surface area contributed by atoms with Gasteiger partial charge in [0.1, 0.15) is 16.4 Å². The zero-order valence-corrected chi connectivity index (χ0v) is 15.9. The van der Waals surface area contributed by atoms with Crippen molar-refractivity contribution in [2.45, 2.75) is 29.8 Å². The van der Waals surface area contributed by atoms with E-state index in [1.54, 1.807) is 6.07 Å². The fourth-order valence-electron chi connectivity index (χ4n) is 3.00. The Labute approximate surface area is 159 Å². The predicted octanol–water partition coefficient (Wildman–Crippen LogP) is 2.67. The van der Waals surface area contributed by atoms with Crippen molar-refractivity contribution >= 4 is 10.0 Å². The van der Waals surface area contributed by atoms with Crippen molar-refractivity contribution in [3.05, 3.63) is 30.0 Å². The van der Waals surface area contributed by atoms with Gasteiger partial charge >= 0.3 is 12.1 Å². The van der Waals surface area contributed by atoms with E-state index in [1.165, 1.54) is 30.7 Å². The van der Waals surface area contributed by atoms with Gasteiger partial charge in [-0.05, 0) is 25.0 Å². The third-order valence-electron chi connectivity index (χ3n) is 4.41. The largest absolute Gasteiger partial charge is 0.497 e. The van der Waals surface area contributed by atoms with E-state index in [2.05, 4.69) is 10.2 Å². The summed E-state index contributed by atoms with van der Waals surface area (Å²) in [6.45, 7) is 0.127. The monoisotopic (exact) mass is 421 g/mol. The van der Waals surface area contributed by atoms with Crippen LogP contribution < -0.4 is 9.47 Å². The average molecular weight is 421 g/mol. The number of hydrogen-bond donors (Lipinski definition) is 0. The molecule has 0 saturated carbocycles. The van der Waals surface area contributed by atoms with Crippen LogP contribution in [0.1, 0.15) is 30.5 Å². The summed E-state index contributed by atoms with van der Waals surface area (Å²) in [6.07, 6.45) is -3.89. The van der Waals surface area contributed by atoms with Crippen LogP contribution in [0.3, 0.4) is 0 Å². The summed E-state index contributed by atoms with van der Waals surface area (Å²) in [5.41, 5.74) is 0. The van der Waals surface area contributed by atoms with Crippen molar-refractivity contribution in [1.82, 2.24) is 14.5 Å². The van der Waals surface area contributed by atoms with Gasteiger partial charge in [0.25, 0.3) is 0 Å². The van der Waals surface area contributed by atoms with Crippen molar-refractivity contribution in [2.75, 3.05) is 27.3 Å². The number of benzene rings is 1. The summed E-state index contributed by atoms with van der Waals surface area (Å²) in [7, 11) is -1.23. The normalized spacial score (nSPS) is 18.8. The van der Waals surface area contributed by atoms with Crippen LogP contribution in [0.2, 0.25) is 0 Å². The van der Waals surface area contributed by atoms with Gasteiger partial charge in [-0.3, -0.25) is 0 Å². The number of methoxy groups -OCH3 is 2. The van der Waals surface area contributed by atoms with Crippen LogP contribution in [0, 0.1) is 0 Å². The lowest BCUT2D eigenvalue weighted by Crippen LogP contribution is -2.39. The number of alkyl halides is 3. The van der Waals surface area contributed by atoms with E-state index < -0.39 is 28.0 Å². The van der Waals surface area contributed by atoms with E-state index in [1.807, 2.05) is 0 Å². The first-order valence-electron chi connectivity index (χ1n) is 8.29. The Morgan fingerprint density at radius 2 is 1.96 bits per heavy atom. The third-order valence-corrected chi connectivity index (χ3v) is 6.29. The summed E-state index contributed by atoms with van der Waals surface area (Å²) in [6, 6.07) is 4.38. The molecule has 0 aliphatic carbocycles. The Balaban J connectivity index is 1.88. The number of piperidine rings is 1. The second-order valence-electron chi connectivity index (χ2n) is 6.16. The second-order valence-corrected chi connectivity index (χ2v) is 8.07. The Kier molecular flexibility index (Phi) is 5.53. The van der Waals surface area contributed by atoms with Crippen molar-refractivity contribution in [2.24, 2.45) is 0 Å². The van der Waals surface area contributed by atoms with E-state index in [4.69, 9.17) is 13.9 Å². The number of hydrogen-bond acceptors (Lipinski definition) is 7. The molecule has 0 amide bonds. The summed E-state index contributed by atoms with van der Waals surface area (Å²) >= 11 is 0. The van der Waals surface area contributed by atoms with Crippen molar-refractivity contribution in [1.29, 1.82) is 0 Å². The van der Waals surface area contributed by atoms with Crippen molar-refractivity contribution in [3.8, 4) is 11.5 Å². The van der Waals surface area contributed by atoms with Gasteiger partial charge in [-0.2, -0.15) is 17.5 Å². The maximum Gasteiger partial charge on any atom is 0.470 e. The standard InChI is InChI=1S/C16H18F3N3O5S/c1-25-11-5-6-12(26-2)13(8-11)28(23,24)22-7-3-4-10(9-22)14-20-21-15(27-14)16(17,18)19/h5-6,8,10H,3-4,7,9H2,1-2H3. The zero-order valence-electron chi connectivity index (χ0n) is 15.1. The van der Waals surface area contributed by atoms with Crippen LogP contribution in [0.15, 0.2) is 27.5 Å². The molecule has 2 aromatic rings. The highest BCUT2D eigenvalue weighted by molar-refractivity contribution is 7.89. The topological polar surface area (TPSA) is 94.8 Å². The first-order valence-corrected chi connectivity index (χ1v) is 9.73. The molecule has 1 saturated heterocycles. The van der Waals surface area contributed by atoms with E-state index in [0.717, 1.165) is 0 Å². The van der Waals surface area contributed by atoms with Gasteiger partial charge < -0.3 is 13.9 Å². The lowest BCUT2D eigenvalue weighted by atomic mass is 10.00. The number of ether oxygens (including phenoxy) is 2. The van der Waals surface area contributed by atoms with Crippen LogP contribution in [0.5, 0.6) is 11.5 Å². The number of rotatable bonds is 5. The molecular weight excluding hydrogens is 403 g/mol. The SMILES string of the molecule is COc1ccc(OC)c(S(=O)(=O)N2CCCC(c3nnc(C(F)(F)F)o3)C2)c1. The molecule has 1 aromatic carbocycles. The van der Waals surface area contributed by atoms with E-state index in [9.17, 15) is 21.6 Å². The van der Waals surface area contributed by atoms with Gasteiger partial charge in [0.15, 0.2) is 0 Å². The van der Waals surface area contributed by atoms with Gasteiger partial charge in [-0.1, -0.05) is 0 Å². The molecule has 8 nitrogen and oxygen atoms in total. The molecular formula is C16H18F3N3O5S. The minimum absolute atomic E-state index is 0.0812. The molecule has 154 valence electrons. The quantitative estimate of drug-likeness (QED) is 0.733. The lowest BCUT2D eigenvalue weighted by Gasteiger charge is -2.30. The smallest absolute Gasteiger partial charge is 0.470 e. The van der Waals surface area contributed by atoms with Crippen LogP contribution in [0.25, 0.3) is 0 Å². The third kappa shape index (κ3) is 3.92. The first kappa shape index (κ1) is 20.4. The molecule has 28 heavy (non-hydrogen) atoms. The Morgan fingerprint density at radius 1 is 1.21 bits per heavy atom. The lowest BCUT2D eigenvalue weighted by molar-refractivity contribution is -0.157. The van der Waals surface area contributed by atoms with Gasteiger partial charge in [0, 0.05) is 19.2 Å². The summed E-state index contributed by atoms with van der Waals surface area (Å²) in [4.78, 5) is -0.0866. The highest BCUT2D eigenvalue weighted by Gasteiger charge is 2.40. The molecule has 0 bridgehead atoms. The highest BCUT2D eigenvalue weighted by Crippen LogP contribution is 2.36. The Morgan fingerprint density at radius 3 is 2.57 bits per heavy atom. The van der Waals surface area contributed by atoms with Gasteiger partial charge in [-0.15, -0.1) is 10.2 Å². The molecule has 2 heterocycles. The number of halogens is 3. The molecule has 3 rings (SSSR count). The molecule has 12 heteroatoms. The van der Waals surface area contributed by atoms with Gasteiger partial charge in [0.05, 0.1) is 20.1 Å². The maximum atomic E-state index is 13.1. The van der Waals surface area contributed by atoms with E-state index in [-0.39, 0.29) is 29.6 Å². The van der Waals surface area contributed by atoms with E-state index >= 15 is 0 Å². The Hall–Kier alpha value is -2.34. The van der Waals surface area contributed by atoms with E-state index in [0.29, 0.717) is 18.6 Å². The highest BCUT2D eigenvalue weighted by atomic mass is 32.2. The first-order chi connectivity index (χ1) is 13.2. The molecule has 0 N–H and O–H groups in total. The zero-order chi connectivity index (χ0) is 20.5. The molecule has 1 aliphatic rings. The fraction of sp³-hybridized carbons (Fsp3) is 0.500. The maximum absolute atomic E-state index is 13.1. The number of aromatic nitrogens is 2.